The molecular weight excluding hydrogens is 695 g/mol. The van der Waals surface area contributed by atoms with Gasteiger partial charge in [-0.3, -0.25) is 0 Å². The van der Waals surface area contributed by atoms with Crippen molar-refractivity contribution in [3.05, 3.63) is 164 Å². The van der Waals surface area contributed by atoms with E-state index < -0.39 is 0 Å². The molecule has 0 aliphatic carbocycles. The highest BCUT2D eigenvalue weighted by Gasteiger charge is 2.22. The van der Waals surface area contributed by atoms with Crippen molar-refractivity contribution in [2.24, 2.45) is 0 Å². The lowest BCUT2D eigenvalue weighted by molar-refractivity contribution is 0.669. The summed E-state index contributed by atoms with van der Waals surface area (Å²) in [5.41, 5.74) is 8.20. The van der Waals surface area contributed by atoms with Gasteiger partial charge in [0.05, 0.1) is 0 Å². The molecule has 0 saturated heterocycles. The minimum atomic E-state index is 0.575. The van der Waals surface area contributed by atoms with Gasteiger partial charge in [-0.1, -0.05) is 121 Å². The molecule has 6 heteroatoms. The van der Waals surface area contributed by atoms with Gasteiger partial charge in [0.15, 0.2) is 17.5 Å². The third-order valence-electron chi connectivity index (χ3n) is 10.7. The average molecular weight is 722 g/mol. The summed E-state index contributed by atoms with van der Waals surface area (Å²) in [4.78, 5) is 16.0. The van der Waals surface area contributed by atoms with Crippen molar-refractivity contribution in [3.63, 3.8) is 0 Å². The number of fused-ring (bicyclic) bond motifs is 11. The Morgan fingerprint density at radius 1 is 0.327 bits per heavy atom. The van der Waals surface area contributed by atoms with E-state index in [1.54, 1.807) is 11.3 Å². The third kappa shape index (κ3) is 4.62. The van der Waals surface area contributed by atoms with E-state index in [1.807, 2.05) is 30.3 Å². The average Bonchev–Trinajstić information content (AvgIpc) is 3.94. The summed E-state index contributed by atoms with van der Waals surface area (Å²) in [5, 5.41) is 8.62. The van der Waals surface area contributed by atoms with E-state index in [0.29, 0.717) is 17.5 Å². The van der Waals surface area contributed by atoms with E-state index in [9.17, 15) is 0 Å². The van der Waals surface area contributed by atoms with Crippen molar-refractivity contribution in [1.82, 2.24) is 15.0 Å². The van der Waals surface area contributed by atoms with Crippen molar-refractivity contribution in [3.8, 4) is 45.3 Å². The number of nitrogens with zero attached hydrogens (tertiary/aromatic N) is 3. The zero-order valence-electron chi connectivity index (χ0n) is 29.2. The SMILES string of the molecule is c1ccc(-c2ccc3c(c2)oc2cccc(-c4nc(-c5cc6oc7ccccc7c6c6ccccc56)nc(-c5cccc6sc7ccccc7c56)n4)c23)cc1. The molecule has 0 spiro atoms. The number of hydrogen-bond donors (Lipinski definition) is 0. The van der Waals surface area contributed by atoms with Crippen molar-refractivity contribution in [1.29, 1.82) is 0 Å². The molecule has 4 heterocycles. The van der Waals surface area contributed by atoms with Crippen LogP contribution >= 0.6 is 11.3 Å². The number of benzene rings is 8. The second-order valence-corrected chi connectivity index (χ2v) is 15.0. The number of thiophene rings is 1. The molecule has 0 aliphatic rings. The fourth-order valence-corrected chi connectivity index (χ4v) is 9.43. The molecule has 4 aromatic heterocycles. The minimum absolute atomic E-state index is 0.575. The van der Waals surface area contributed by atoms with Crippen LogP contribution in [0.15, 0.2) is 173 Å². The second-order valence-electron chi connectivity index (χ2n) is 13.9. The van der Waals surface area contributed by atoms with Crippen LogP contribution in [-0.2, 0) is 0 Å². The molecule has 0 aliphatic heterocycles. The lowest BCUT2D eigenvalue weighted by atomic mass is 9.98. The van der Waals surface area contributed by atoms with Gasteiger partial charge >= 0.3 is 0 Å². The smallest absolute Gasteiger partial charge is 0.164 e. The fraction of sp³-hybridized carbons (Fsp3) is 0. The number of aromatic nitrogens is 3. The lowest BCUT2D eigenvalue weighted by Crippen LogP contribution is -2.01. The summed E-state index contributed by atoms with van der Waals surface area (Å²) in [5.74, 6) is 1.76. The quantitative estimate of drug-likeness (QED) is 0.181. The summed E-state index contributed by atoms with van der Waals surface area (Å²) in [6.45, 7) is 0. The number of rotatable bonds is 4. The van der Waals surface area contributed by atoms with Gasteiger partial charge in [-0.2, -0.15) is 0 Å². The second kappa shape index (κ2) is 11.7. The number of hydrogen-bond acceptors (Lipinski definition) is 6. The monoisotopic (exact) mass is 721 g/mol. The van der Waals surface area contributed by atoms with Crippen molar-refractivity contribution in [2.45, 2.75) is 0 Å². The predicted octanol–water partition coefficient (Wildman–Crippen LogP) is 13.9. The maximum absolute atomic E-state index is 6.55. The Kier molecular flexibility index (Phi) is 6.44. The molecule has 256 valence electrons. The van der Waals surface area contributed by atoms with Gasteiger partial charge < -0.3 is 8.83 Å². The topological polar surface area (TPSA) is 65.0 Å². The highest BCUT2D eigenvalue weighted by molar-refractivity contribution is 7.25. The highest BCUT2D eigenvalue weighted by Crippen LogP contribution is 2.43. The normalized spacial score (nSPS) is 12.0. The molecule has 0 fully saturated rings. The fourth-order valence-electron chi connectivity index (χ4n) is 8.29. The molecular formula is C49H27N3O2S. The first-order chi connectivity index (χ1) is 27.2. The Labute approximate surface area is 317 Å². The summed E-state index contributed by atoms with van der Waals surface area (Å²) in [6, 6.07) is 56.7. The maximum atomic E-state index is 6.55. The molecule has 5 nitrogen and oxygen atoms in total. The molecule has 12 rings (SSSR count). The molecule has 0 N–H and O–H groups in total. The first kappa shape index (κ1) is 30.3. The molecule has 0 radical (unpaired) electrons. The summed E-state index contributed by atoms with van der Waals surface area (Å²) in [7, 11) is 0. The standard InChI is InChI=1S/C49H27N3O2S/c1-2-12-28(13-3-1)29-24-25-33-40(26-29)54-39-21-10-18-35(45(33)39)47-50-48(36-19-11-23-43-46(36)34-17-7-9-22-42(34)55-43)52-49(51-47)37-27-41-44(31-15-5-4-14-30(31)37)32-16-6-8-20-38(32)53-41/h1-27H. The summed E-state index contributed by atoms with van der Waals surface area (Å²) >= 11 is 1.78. The molecule has 12 aromatic rings. The Morgan fingerprint density at radius 3 is 1.76 bits per heavy atom. The van der Waals surface area contributed by atoms with E-state index in [1.165, 1.54) is 14.8 Å². The highest BCUT2D eigenvalue weighted by atomic mass is 32.1. The zero-order chi connectivity index (χ0) is 36.0. The van der Waals surface area contributed by atoms with Gasteiger partial charge in [-0.25, -0.2) is 15.0 Å². The van der Waals surface area contributed by atoms with E-state index in [-0.39, 0.29) is 0 Å². The molecule has 0 amide bonds. The van der Waals surface area contributed by atoms with E-state index in [0.717, 1.165) is 87.9 Å². The molecule has 0 atom stereocenters. The van der Waals surface area contributed by atoms with E-state index in [4.69, 9.17) is 23.8 Å². The molecule has 0 unspecified atom stereocenters. The van der Waals surface area contributed by atoms with Gasteiger partial charge in [0.25, 0.3) is 0 Å². The lowest BCUT2D eigenvalue weighted by Gasteiger charge is -2.12. The molecule has 0 bridgehead atoms. The van der Waals surface area contributed by atoms with Gasteiger partial charge in [0.1, 0.15) is 22.3 Å². The Bertz CT molecular complexity index is 3510. The minimum Gasteiger partial charge on any atom is -0.456 e. The van der Waals surface area contributed by atoms with Gasteiger partial charge in [0, 0.05) is 58.4 Å². The number of furan rings is 2. The van der Waals surface area contributed by atoms with Crippen LogP contribution in [-0.4, -0.2) is 15.0 Å². The number of para-hydroxylation sites is 1. The largest absolute Gasteiger partial charge is 0.456 e. The van der Waals surface area contributed by atoms with E-state index >= 15 is 0 Å². The Balaban J connectivity index is 1.16. The molecule has 8 aromatic carbocycles. The van der Waals surface area contributed by atoms with Crippen LogP contribution in [0.3, 0.4) is 0 Å². The first-order valence-electron chi connectivity index (χ1n) is 18.3. The van der Waals surface area contributed by atoms with Crippen LogP contribution in [0, 0.1) is 0 Å². The van der Waals surface area contributed by atoms with Crippen LogP contribution < -0.4 is 0 Å². The van der Waals surface area contributed by atoms with Crippen molar-refractivity contribution >= 4 is 86.2 Å². The van der Waals surface area contributed by atoms with Gasteiger partial charge in [-0.05, 0) is 64.4 Å². The van der Waals surface area contributed by atoms with Gasteiger partial charge in [0.2, 0.25) is 0 Å². The summed E-state index contributed by atoms with van der Waals surface area (Å²) in [6.07, 6.45) is 0. The Morgan fingerprint density at radius 2 is 0.927 bits per heavy atom. The van der Waals surface area contributed by atoms with Crippen molar-refractivity contribution in [2.75, 3.05) is 0 Å². The third-order valence-corrected chi connectivity index (χ3v) is 11.9. The van der Waals surface area contributed by atoms with Crippen LogP contribution in [0.25, 0.3) is 120 Å². The summed E-state index contributed by atoms with van der Waals surface area (Å²) < 4.78 is 15.5. The first-order valence-corrected chi connectivity index (χ1v) is 19.1. The van der Waals surface area contributed by atoms with Crippen LogP contribution in [0.2, 0.25) is 0 Å². The van der Waals surface area contributed by atoms with Crippen LogP contribution in [0.4, 0.5) is 0 Å². The zero-order valence-corrected chi connectivity index (χ0v) is 30.0. The van der Waals surface area contributed by atoms with Crippen LogP contribution in [0.5, 0.6) is 0 Å². The molecule has 0 saturated carbocycles. The Hall–Kier alpha value is -7.15. The van der Waals surface area contributed by atoms with Crippen molar-refractivity contribution < 1.29 is 8.83 Å². The van der Waals surface area contributed by atoms with E-state index in [2.05, 4.69) is 133 Å². The maximum Gasteiger partial charge on any atom is 0.164 e. The van der Waals surface area contributed by atoms with Crippen LogP contribution in [0.1, 0.15) is 0 Å². The van der Waals surface area contributed by atoms with Gasteiger partial charge in [-0.15, -0.1) is 11.3 Å². The molecule has 55 heavy (non-hydrogen) atoms. The predicted molar refractivity (Wildman–Crippen MR) is 227 cm³/mol.